The van der Waals surface area contributed by atoms with Crippen LogP contribution in [0.4, 0.5) is 0 Å². The molecular weight excluding hydrogens is 424 g/mol. The molecule has 2 aromatic carbocycles. The summed E-state index contributed by atoms with van der Waals surface area (Å²) in [6.07, 6.45) is 7.21. The van der Waals surface area contributed by atoms with E-state index in [4.69, 9.17) is 4.98 Å². The van der Waals surface area contributed by atoms with E-state index in [-0.39, 0.29) is 11.7 Å². The molecule has 0 atom stereocenters. The molecule has 3 heterocycles. The number of hydrogen-bond donors (Lipinski definition) is 2. The first kappa shape index (κ1) is 21.9. The Morgan fingerprint density at radius 2 is 1.68 bits per heavy atom. The number of phenols is 1. The van der Waals surface area contributed by atoms with E-state index in [9.17, 15) is 9.90 Å². The van der Waals surface area contributed by atoms with Crippen molar-refractivity contribution >= 4 is 29.1 Å². The number of rotatable bonds is 4. The zero-order chi connectivity index (χ0) is 23.7. The highest BCUT2D eigenvalue weighted by Crippen LogP contribution is 2.29. The summed E-state index contributed by atoms with van der Waals surface area (Å²) in [6.45, 7) is 5.70. The SMILES string of the molecule is Cc1cc(C)cc(/C=C/c2[nH]nc3nc(-c4ccc(O)cc4)cc(C(=O)N4CCCCC4)c23)c1. The quantitative estimate of drug-likeness (QED) is 0.413. The fraction of sp³-hybridized carbons (Fsp3) is 0.250. The Hall–Kier alpha value is -3.93. The molecule has 0 radical (unpaired) electrons. The number of piperidine rings is 1. The van der Waals surface area contributed by atoms with Gasteiger partial charge in [0.1, 0.15) is 5.75 Å². The van der Waals surface area contributed by atoms with E-state index in [1.54, 1.807) is 24.3 Å². The van der Waals surface area contributed by atoms with Gasteiger partial charge in [0.2, 0.25) is 0 Å². The number of phenolic OH excluding ortho intramolecular Hbond substituents is 1. The van der Waals surface area contributed by atoms with Gasteiger partial charge in [0.15, 0.2) is 5.65 Å². The normalized spacial score (nSPS) is 14.2. The van der Waals surface area contributed by atoms with Gasteiger partial charge in [-0.25, -0.2) is 4.98 Å². The minimum Gasteiger partial charge on any atom is -0.508 e. The van der Waals surface area contributed by atoms with Gasteiger partial charge in [0.25, 0.3) is 5.91 Å². The molecule has 2 N–H and O–H groups in total. The van der Waals surface area contributed by atoms with Crippen molar-refractivity contribution in [1.29, 1.82) is 0 Å². The first-order valence-corrected chi connectivity index (χ1v) is 11.7. The van der Waals surface area contributed by atoms with Crippen molar-refractivity contribution in [2.45, 2.75) is 33.1 Å². The standard InChI is InChI=1S/C28H28N4O2/c1-18-14-19(2)16-20(15-18)6-11-24-26-23(28(34)32-12-4-3-5-13-32)17-25(29-27(26)31-30-24)21-7-9-22(33)10-8-21/h6-11,14-17,33H,3-5,12-13H2,1-2H3,(H,29,30,31)/b11-6+. The Kier molecular flexibility index (Phi) is 5.88. The number of amides is 1. The topological polar surface area (TPSA) is 82.1 Å². The second-order valence-corrected chi connectivity index (χ2v) is 9.05. The third-order valence-corrected chi connectivity index (χ3v) is 6.28. The minimum atomic E-state index is 0.00887. The van der Waals surface area contributed by atoms with Crippen LogP contribution in [0.2, 0.25) is 0 Å². The first-order chi connectivity index (χ1) is 16.5. The smallest absolute Gasteiger partial charge is 0.254 e. The number of pyridine rings is 1. The molecule has 6 heteroatoms. The Morgan fingerprint density at radius 1 is 0.971 bits per heavy atom. The molecule has 172 valence electrons. The van der Waals surface area contributed by atoms with Crippen LogP contribution in [-0.2, 0) is 0 Å². The van der Waals surface area contributed by atoms with Crippen molar-refractivity contribution in [3.8, 4) is 17.0 Å². The average Bonchev–Trinajstić information content (AvgIpc) is 3.25. The highest BCUT2D eigenvalue weighted by molar-refractivity contribution is 6.09. The molecule has 0 saturated carbocycles. The van der Waals surface area contributed by atoms with Crippen LogP contribution >= 0.6 is 0 Å². The average molecular weight is 453 g/mol. The third-order valence-electron chi connectivity index (χ3n) is 6.28. The Labute approximate surface area is 199 Å². The number of aromatic nitrogens is 3. The number of carbonyl (C=O) groups excluding carboxylic acids is 1. The van der Waals surface area contributed by atoms with Crippen molar-refractivity contribution in [2.75, 3.05) is 13.1 Å². The van der Waals surface area contributed by atoms with Crippen LogP contribution in [-0.4, -0.2) is 44.2 Å². The van der Waals surface area contributed by atoms with Gasteiger partial charge in [-0.3, -0.25) is 9.89 Å². The molecule has 6 nitrogen and oxygen atoms in total. The zero-order valence-electron chi connectivity index (χ0n) is 19.5. The maximum Gasteiger partial charge on any atom is 0.254 e. The van der Waals surface area contributed by atoms with Gasteiger partial charge < -0.3 is 10.0 Å². The highest BCUT2D eigenvalue weighted by Gasteiger charge is 2.24. The summed E-state index contributed by atoms with van der Waals surface area (Å²) in [7, 11) is 0. The second kappa shape index (κ2) is 9.14. The van der Waals surface area contributed by atoms with Crippen molar-refractivity contribution in [3.63, 3.8) is 0 Å². The van der Waals surface area contributed by atoms with E-state index < -0.39 is 0 Å². The molecule has 0 bridgehead atoms. The Balaban J connectivity index is 1.62. The summed E-state index contributed by atoms with van der Waals surface area (Å²) >= 11 is 0. The van der Waals surface area contributed by atoms with Crippen LogP contribution in [0.1, 0.15) is 52.0 Å². The number of likely N-dealkylation sites (tertiary alicyclic amines) is 1. The van der Waals surface area contributed by atoms with E-state index in [0.717, 1.165) is 54.6 Å². The minimum absolute atomic E-state index is 0.00887. The zero-order valence-corrected chi connectivity index (χ0v) is 19.5. The molecule has 0 spiro atoms. The predicted octanol–water partition coefficient (Wildman–Crippen LogP) is 5.74. The van der Waals surface area contributed by atoms with Gasteiger partial charge >= 0.3 is 0 Å². The number of fused-ring (bicyclic) bond motifs is 1. The molecule has 4 aromatic rings. The van der Waals surface area contributed by atoms with Crippen molar-refractivity contribution in [2.24, 2.45) is 0 Å². The number of aromatic amines is 1. The largest absolute Gasteiger partial charge is 0.508 e. The Morgan fingerprint density at radius 3 is 2.38 bits per heavy atom. The summed E-state index contributed by atoms with van der Waals surface area (Å²) in [5.74, 6) is 0.197. The lowest BCUT2D eigenvalue weighted by Gasteiger charge is -2.27. The van der Waals surface area contributed by atoms with Gasteiger partial charge in [-0.1, -0.05) is 35.4 Å². The first-order valence-electron chi connectivity index (χ1n) is 11.7. The van der Waals surface area contributed by atoms with Gasteiger partial charge in [-0.05, 0) is 75.1 Å². The van der Waals surface area contributed by atoms with Crippen molar-refractivity contribution < 1.29 is 9.90 Å². The Bertz CT molecular complexity index is 1360. The summed E-state index contributed by atoms with van der Waals surface area (Å²) in [6, 6.07) is 15.1. The molecular formula is C28H28N4O2. The molecule has 1 aliphatic rings. The lowest BCUT2D eigenvalue weighted by molar-refractivity contribution is 0.0726. The molecule has 34 heavy (non-hydrogen) atoms. The molecule has 1 amide bonds. The van der Waals surface area contributed by atoms with Crippen LogP contribution in [0, 0.1) is 13.8 Å². The van der Waals surface area contributed by atoms with Gasteiger partial charge in [-0.15, -0.1) is 0 Å². The number of benzene rings is 2. The number of aromatic hydroxyl groups is 1. The van der Waals surface area contributed by atoms with Crippen LogP contribution in [0.15, 0.2) is 48.5 Å². The highest BCUT2D eigenvalue weighted by atomic mass is 16.3. The molecule has 0 unspecified atom stereocenters. The van der Waals surface area contributed by atoms with E-state index in [0.29, 0.717) is 16.9 Å². The molecule has 1 fully saturated rings. The second-order valence-electron chi connectivity index (χ2n) is 9.05. The fourth-order valence-corrected chi connectivity index (χ4v) is 4.67. The lowest BCUT2D eigenvalue weighted by Crippen LogP contribution is -2.35. The maximum absolute atomic E-state index is 13.7. The third kappa shape index (κ3) is 4.44. The van der Waals surface area contributed by atoms with Crippen LogP contribution in [0.3, 0.4) is 0 Å². The lowest BCUT2D eigenvalue weighted by atomic mass is 10.0. The number of nitrogens with zero attached hydrogens (tertiary/aromatic N) is 3. The number of nitrogens with one attached hydrogen (secondary N) is 1. The maximum atomic E-state index is 13.7. The molecule has 2 aromatic heterocycles. The van der Waals surface area contributed by atoms with Crippen LogP contribution < -0.4 is 0 Å². The monoisotopic (exact) mass is 452 g/mol. The van der Waals surface area contributed by atoms with Crippen molar-refractivity contribution in [1.82, 2.24) is 20.1 Å². The molecule has 0 aliphatic carbocycles. The van der Waals surface area contributed by atoms with Crippen LogP contribution in [0.25, 0.3) is 34.4 Å². The number of carbonyl (C=O) groups is 1. The van der Waals surface area contributed by atoms with E-state index >= 15 is 0 Å². The van der Waals surface area contributed by atoms with Gasteiger partial charge in [-0.2, -0.15) is 5.10 Å². The van der Waals surface area contributed by atoms with Gasteiger partial charge in [0, 0.05) is 18.7 Å². The van der Waals surface area contributed by atoms with E-state index in [1.165, 1.54) is 11.1 Å². The van der Waals surface area contributed by atoms with E-state index in [2.05, 4.69) is 42.2 Å². The molecule has 1 saturated heterocycles. The number of H-pyrrole nitrogens is 1. The summed E-state index contributed by atoms with van der Waals surface area (Å²) in [5, 5.41) is 17.9. The van der Waals surface area contributed by atoms with Crippen LogP contribution in [0.5, 0.6) is 5.75 Å². The molecule has 1 aliphatic heterocycles. The van der Waals surface area contributed by atoms with Gasteiger partial charge in [0.05, 0.1) is 22.3 Å². The summed E-state index contributed by atoms with van der Waals surface area (Å²) < 4.78 is 0. The molecule has 5 rings (SSSR count). The summed E-state index contributed by atoms with van der Waals surface area (Å²) in [5.41, 5.74) is 6.85. The summed E-state index contributed by atoms with van der Waals surface area (Å²) in [4.78, 5) is 20.3. The number of hydrogen-bond acceptors (Lipinski definition) is 4. The fourth-order valence-electron chi connectivity index (χ4n) is 4.67. The predicted molar refractivity (Wildman–Crippen MR) is 136 cm³/mol. The van der Waals surface area contributed by atoms with E-state index in [1.807, 2.05) is 23.1 Å². The number of aryl methyl sites for hydroxylation is 2. The van der Waals surface area contributed by atoms with Crippen molar-refractivity contribution in [3.05, 3.63) is 76.5 Å².